The lowest BCUT2D eigenvalue weighted by Crippen LogP contribution is -2.32. The maximum Gasteiger partial charge on any atom is 0.573 e. The summed E-state index contributed by atoms with van der Waals surface area (Å²) in [7, 11) is 0. The smallest absolute Gasteiger partial charge is 0.406 e. The van der Waals surface area contributed by atoms with Crippen molar-refractivity contribution >= 4 is 67.9 Å². The van der Waals surface area contributed by atoms with Crippen LogP contribution in [0, 0.1) is 6.92 Å². The number of thioether (sulfide) groups is 1. The third-order valence-electron chi connectivity index (χ3n) is 6.97. The number of aryl methyl sites for hydroxylation is 1. The van der Waals surface area contributed by atoms with Gasteiger partial charge in [0.05, 0.1) is 17.1 Å². The van der Waals surface area contributed by atoms with Gasteiger partial charge in [0.25, 0.3) is 0 Å². The summed E-state index contributed by atoms with van der Waals surface area (Å²) in [6.07, 6.45) is -0.611. The second-order valence-corrected chi connectivity index (χ2v) is 13.2. The number of amides is 1. The van der Waals surface area contributed by atoms with Gasteiger partial charge >= 0.3 is 6.36 Å². The van der Waals surface area contributed by atoms with E-state index >= 15 is 0 Å². The van der Waals surface area contributed by atoms with E-state index in [9.17, 15) is 18.0 Å². The van der Waals surface area contributed by atoms with Gasteiger partial charge in [-0.15, -0.1) is 18.3 Å². The molecule has 1 aliphatic heterocycles. The molecular formula is C33H30BrF3N6O2S2. The average molecular weight is 744 g/mol. The van der Waals surface area contributed by atoms with Gasteiger partial charge in [-0.25, -0.2) is 9.67 Å². The van der Waals surface area contributed by atoms with E-state index in [4.69, 9.17) is 12.2 Å². The van der Waals surface area contributed by atoms with Gasteiger partial charge in [0.2, 0.25) is 5.91 Å². The van der Waals surface area contributed by atoms with Crippen molar-refractivity contribution in [2.24, 2.45) is 4.99 Å². The van der Waals surface area contributed by atoms with Crippen LogP contribution < -0.4 is 15.0 Å². The summed E-state index contributed by atoms with van der Waals surface area (Å²) in [5, 5.41) is 8.50. The number of carbonyl (C=O) groups is 1. The molecule has 47 heavy (non-hydrogen) atoms. The van der Waals surface area contributed by atoms with E-state index in [1.165, 1.54) is 47.0 Å². The number of hydrogen-bond donors (Lipinski definition) is 1. The zero-order valence-electron chi connectivity index (χ0n) is 25.6. The standard InChI is InChI=1S/C33H30BrF3N6O2S2/c1-20(2)27-13-4-21(3)16-28(27)43-29(44)18-47-32(43)40-31(46)38-15-14-24(34)17-22-5-7-23(8-6-22)30-39-19-42(41-30)25-9-11-26(12-10-25)45-33(35,36)37/h4-13,16-17,19-20H,14-15,18H2,1-3H3,(H,38,46)/b24-17+,40-32-. The Hall–Kier alpha value is -4.01. The van der Waals surface area contributed by atoms with Crippen LogP contribution >= 0.6 is 39.9 Å². The van der Waals surface area contributed by atoms with Gasteiger partial charge in [0.15, 0.2) is 16.1 Å². The Kier molecular flexibility index (Phi) is 10.8. The van der Waals surface area contributed by atoms with Crippen LogP contribution in [0.15, 0.2) is 82.5 Å². The summed E-state index contributed by atoms with van der Waals surface area (Å²) in [5.41, 5.74) is 5.28. The van der Waals surface area contributed by atoms with E-state index < -0.39 is 6.36 Å². The molecule has 244 valence electrons. The highest BCUT2D eigenvalue weighted by Gasteiger charge is 2.32. The van der Waals surface area contributed by atoms with E-state index in [1.54, 1.807) is 4.90 Å². The number of halogens is 4. The Balaban J connectivity index is 1.16. The Morgan fingerprint density at radius 1 is 1.15 bits per heavy atom. The molecule has 1 N–H and O–H groups in total. The molecule has 0 atom stereocenters. The van der Waals surface area contributed by atoms with Crippen molar-refractivity contribution in [3.05, 3.63) is 94.2 Å². The van der Waals surface area contributed by atoms with Crippen molar-refractivity contribution in [1.29, 1.82) is 0 Å². The Labute approximate surface area is 288 Å². The van der Waals surface area contributed by atoms with E-state index in [0.29, 0.717) is 40.5 Å². The van der Waals surface area contributed by atoms with Gasteiger partial charge in [-0.05, 0) is 89.1 Å². The number of anilines is 1. The molecule has 4 aromatic rings. The summed E-state index contributed by atoms with van der Waals surface area (Å²) >= 11 is 10.5. The highest BCUT2D eigenvalue weighted by atomic mass is 79.9. The first kappa shape index (κ1) is 34.3. The lowest BCUT2D eigenvalue weighted by molar-refractivity contribution is -0.274. The predicted octanol–water partition coefficient (Wildman–Crippen LogP) is 8.40. The lowest BCUT2D eigenvalue weighted by Gasteiger charge is -2.22. The van der Waals surface area contributed by atoms with Crippen LogP contribution in [0.1, 0.15) is 42.9 Å². The number of rotatable bonds is 9. The van der Waals surface area contributed by atoms with Gasteiger partial charge in [-0.3, -0.25) is 9.69 Å². The van der Waals surface area contributed by atoms with Crippen molar-refractivity contribution in [2.45, 2.75) is 39.5 Å². The van der Waals surface area contributed by atoms with Gasteiger partial charge in [-0.2, -0.15) is 4.99 Å². The number of thiocarbonyl (C=S) groups is 1. The fraction of sp³-hybridized carbons (Fsp3) is 0.242. The molecule has 2 heterocycles. The molecule has 3 aromatic carbocycles. The van der Waals surface area contributed by atoms with Crippen LogP contribution in [0.5, 0.6) is 5.75 Å². The molecule has 1 aliphatic rings. The quantitative estimate of drug-likeness (QED) is 0.173. The number of ether oxygens (including phenoxy) is 1. The third kappa shape index (κ3) is 9.08. The van der Waals surface area contributed by atoms with Crippen molar-refractivity contribution in [3.8, 4) is 22.8 Å². The average Bonchev–Trinajstić information content (AvgIpc) is 3.64. The molecule has 0 bridgehead atoms. The lowest BCUT2D eigenvalue weighted by atomic mass is 9.99. The van der Waals surface area contributed by atoms with Gasteiger partial charge in [0.1, 0.15) is 12.1 Å². The SMILES string of the molecule is Cc1ccc(C(C)C)c(N2C(=O)CS/C2=N\C(=S)NCC/C(Br)=C\c2ccc(-c3ncn(-c4ccc(OC(F)(F)F)cc4)n3)cc2)c1. The maximum absolute atomic E-state index is 12.8. The van der Waals surface area contributed by atoms with Crippen LogP contribution in [0.4, 0.5) is 18.9 Å². The highest BCUT2D eigenvalue weighted by molar-refractivity contribution is 9.11. The van der Waals surface area contributed by atoms with Crippen molar-refractivity contribution in [3.63, 3.8) is 0 Å². The minimum absolute atomic E-state index is 0.0157. The molecule has 0 saturated carbocycles. The molecule has 1 amide bonds. The molecular weight excluding hydrogens is 713 g/mol. The summed E-state index contributed by atoms with van der Waals surface area (Å²) < 4.78 is 43.6. The first-order chi connectivity index (χ1) is 22.4. The number of aliphatic imine (C=N–C) groups is 1. The normalized spacial score (nSPS) is 14.7. The molecule has 14 heteroatoms. The highest BCUT2D eigenvalue weighted by Crippen LogP contribution is 2.34. The number of carbonyl (C=O) groups excluding carboxylic acids is 1. The van der Waals surface area contributed by atoms with Crippen LogP contribution in [0.2, 0.25) is 0 Å². The largest absolute Gasteiger partial charge is 0.573 e. The van der Waals surface area contributed by atoms with Crippen molar-refractivity contribution in [2.75, 3.05) is 17.2 Å². The summed E-state index contributed by atoms with van der Waals surface area (Å²) in [5.74, 6) is 0.706. The molecule has 1 saturated heterocycles. The van der Waals surface area contributed by atoms with Crippen molar-refractivity contribution < 1.29 is 22.7 Å². The Morgan fingerprint density at radius 3 is 2.55 bits per heavy atom. The molecule has 1 fully saturated rings. The van der Waals surface area contributed by atoms with Gasteiger partial charge in [-0.1, -0.05) is 77.9 Å². The summed E-state index contributed by atoms with van der Waals surface area (Å²) in [6, 6.07) is 19.2. The summed E-state index contributed by atoms with van der Waals surface area (Å²) in [6.45, 7) is 6.75. The van der Waals surface area contributed by atoms with Gasteiger partial charge in [0, 0.05) is 12.1 Å². The topological polar surface area (TPSA) is 84.6 Å². The number of benzene rings is 3. The fourth-order valence-electron chi connectivity index (χ4n) is 4.73. The Bertz CT molecular complexity index is 1820. The minimum atomic E-state index is -4.75. The van der Waals surface area contributed by atoms with Crippen molar-refractivity contribution in [1.82, 2.24) is 20.1 Å². The van der Waals surface area contributed by atoms with E-state index in [-0.39, 0.29) is 17.6 Å². The van der Waals surface area contributed by atoms with Gasteiger partial charge < -0.3 is 10.1 Å². The second-order valence-electron chi connectivity index (χ2n) is 10.9. The molecule has 0 aliphatic carbocycles. The molecule has 0 radical (unpaired) electrons. The molecule has 0 unspecified atom stereocenters. The Morgan fingerprint density at radius 2 is 1.87 bits per heavy atom. The molecule has 0 spiro atoms. The van der Waals surface area contributed by atoms with Crippen LogP contribution in [0.3, 0.4) is 0 Å². The number of amidine groups is 1. The summed E-state index contributed by atoms with van der Waals surface area (Å²) in [4.78, 5) is 23.4. The number of nitrogens with one attached hydrogen (secondary N) is 1. The van der Waals surface area contributed by atoms with Crippen LogP contribution in [-0.4, -0.2) is 49.6 Å². The minimum Gasteiger partial charge on any atom is -0.406 e. The number of hydrogen-bond acceptors (Lipinski definition) is 6. The molecule has 5 rings (SSSR count). The zero-order valence-corrected chi connectivity index (χ0v) is 28.8. The predicted molar refractivity (Wildman–Crippen MR) is 188 cm³/mol. The first-order valence-corrected chi connectivity index (χ1v) is 16.7. The van der Waals surface area contributed by atoms with E-state index in [0.717, 1.165) is 32.4 Å². The maximum atomic E-state index is 12.8. The van der Waals surface area contributed by atoms with Crippen LogP contribution in [-0.2, 0) is 4.79 Å². The number of nitrogens with zero attached hydrogens (tertiary/aromatic N) is 5. The second kappa shape index (κ2) is 14.8. The molecule has 1 aromatic heterocycles. The number of alkyl halides is 3. The zero-order chi connectivity index (χ0) is 33.7. The first-order valence-electron chi connectivity index (χ1n) is 14.5. The fourth-order valence-corrected chi connectivity index (χ4v) is 6.31. The third-order valence-corrected chi connectivity index (χ3v) is 8.75. The molecule has 8 nitrogen and oxygen atoms in total. The van der Waals surface area contributed by atoms with Crippen LogP contribution in [0.25, 0.3) is 23.2 Å². The monoisotopic (exact) mass is 742 g/mol. The van der Waals surface area contributed by atoms with E-state index in [1.807, 2.05) is 43.3 Å². The number of aromatic nitrogens is 3. The van der Waals surface area contributed by atoms with E-state index in [2.05, 4.69) is 67.0 Å².